The Morgan fingerprint density at radius 1 is 0.333 bits per heavy atom. The molecule has 63 heavy (non-hydrogen) atoms. The molecule has 0 aromatic carbocycles. The molecule has 0 amide bonds. The number of rotatable bonds is 43. The molecule has 6 nitrogen and oxygen atoms in total. The van der Waals surface area contributed by atoms with Gasteiger partial charge in [0.25, 0.3) is 0 Å². The average Bonchev–Trinajstić information content (AvgIpc) is 3.28. The SMILES string of the molecule is CC/C=C\C/C=C\C/C=C\C/C=C\CCCCC(=O)OC[C@H](COC(=O)CCCC/C=C\C/C=C\C/C=C\CCCCC)OC(=O)CCCCCCC/C=C\C/C=C\C/C=C\CC. The van der Waals surface area contributed by atoms with Crippen LogP contribution in [0.25, 0.3) is 0 Å². The van der Waals surface area contributed by atoms with Gasteiger partial charge in [0.15, 0.2) is 6.10 Å². The van der Waals surface area contributed by atoms with Crippen LogP contribution in [0.3, 0.4) is 0 Å². The molecule has 354 valence electrons. The number of hydrogen-bond donors (Lipinski definition) is 0. The summed E-state index contributed by atoms with van der Waals surface area (Å²) in [5.74, 6) is -1.03. The first-order chi connectivity index (χ1) is 31.0. The molecular weight excluding hydrogens is 781 g/mol. The van der Waals surface area contributed by atoms with Crippen LogP contribution in [0.15, 0.2) is 122 Å². The molecule has 0 radical (unpaired) electrons. The monoisotopic (exact) mass is 871 g/mol. The second kappa shape index (κ2) is 50.5. The van der Waals surface area contributed by atoms with Crippen LogP contribution >= 0.6 is 0 Å². The third-order valence-electron chi connectivity index (χ3n) is 9.93. The van der Waals surface area contributed by atoms with Crippen molar-refractivity contribution in [3.63, 3.8) is 0 Å². The van der Waals surface area contributed by atoms with Gasteiger partial charge in [-0.25, -0.2) is 0 Å². The Bertz CT molecular complexity index is 1370. The molecule has 0 aromatic rings. The summed E-state index contributed by atoms with van der Waals surface area (Å²) < 4.78 is 16.7. The standard InChI is InChI=1S/C57H90O6/c1-4-7-10-13-16-19-22-25-28-31-34-37-40-43-46-49-55(58)61-52-54(63-57(60)51-48-45-42-39-36-33-30-27-24-21-18-15-12-9-6-3)53-62-56(59)50-47-44-41-38-35-32-29-26-23-20-17-14-11-8-5-2/h7,9-10,12,16-21,25-30,34-35,37-38,54H,4-6,8,11,13-15,22-24,31-33,36,39-53H2,1-3H3/b10-7-,12-9-,19-16-,20-17-,21-18-,28-25-,29-26-,30-27-,37-34-,38-35-/t54-/m1/s1. The maximum Gasteiger partial charge on any atom is 0.306 e. The fourth-order valence-electron chi connectivity index (χ4n) is 6.22. The second-order valence-corrected chi connectivity index (χ2v) is 16.0. The Labute approximate surface area is 386 Å². The number of allylic oxidation sites excluding steroid dienone is 20. The fourth-order valence-corrected chi connectivity index (χ4v) is 6.22. The van der Waals surface area contributed by atoms with Gasteiger partial charge in [0.05, 0.1) is 0 Å². The number of ether oxygens (including phenoxy) is 3. The molecule has 0 saturated carbocycles. The van der Waals surface area contributed by atoms with E-state index >= 15 is 0 Å². The van der Waals surface area contributed by atoms with Crippen molar-refractivity contribution in [2.75, 3.05) is 13.2 Å². The van der Waals surface area contributed by atoms with E-state index in [0.29, 0.717) is 25.7 Å². The summed E-state index contributed by atoms with van der Waals surface area (Å²) in [5.41, 5.74) is 0. The van der Waals surface area contributed by atoms with E-state index in [9.17, 15) is 14.4 Å². The van der Waals surface area contributed by atoms with Gasteiger partial charge in [0, 0.05) is 19.3 Å². The number of esters is 3. The van der Waals surface area contributed by atoms with Crippen LogP contribution in [0.5, 0.6) is 0 Å². The van der Waals surface area contributed by atoms with Crippen molar-refractivity contribution >= 4 is 17.9 Å². The molecule has 0 N–H and O–H groups in total. The van der Waals surface area contributed by atoms with E-state index in [0.717, 1.165) is 122 Å². The van der Waals surface area contributed by atoms with Crippen molar-refractivity contribution in [1.82, 2.24) is 0 Å². The van der Waals surface area contributed by atoms with Crippen molar-refractivity contribution in [1.29, 1.82) is 0 Å². The highest BCUT2D eigenvalue weighted by Gasteiger charge is 2.19. The smallest absolute Gasteiger partial charge is 0.306 e. The lowest BCUT2D eigenvalue weighted by Crippen LogP contribution is -2.30. The highest BCUT2D eigenvalue weighted by Crippen LogP contribution is 2.12. The van der Waals surface area contributed by atoms with Gasteiger partial charge in [-0.05, 0) is 128 Å². The minimum atomic E-state index is -0.822. The quantitative estimate of drug-likeness (QED) is 0.0263. The lowest BCUT2D eigenvalue weighted by Gasteiger charge is -2.18. The van der Waals surface area contributed by atoms with E-state index in [1.165, 1.54) is 25.7 Å². The zero-order valence-electron chi connectivity index (χ0n) is 40.3. The Kier molecular flexibility index (Phi) is 47.1. The summed E-state index contributed by atoms with van der Waals surface area (Å²) in [6.45, 7) is 6.27. The van der Waals surface area contributed by atoms with E-state index < -0.39 is 6.10 Å². The van der Waals surface area contributed by atoms with Gasteiger partial charge in [-0.2, -0.15) is 0 Å². The van der Waals surface area contributed by atoms with Crippen LogP contribution in [-0.2, 0) is 28.6 Å². The van der Waals surface area contributed by atoms with Gasteiger partial charge in [0.2, 0.25) is 0 Å². The van der Waals surface area contributed by atoms with Crippen LogP contribution in [0.1, 0.15) is 201 Å². The average molecular weight is 871 g/mol. The van der Waals surface area contributed by atoms with Crippen molar-refractivity contribution < 1.29 is 28.6 Å². The molecule has 0 rings (SSSR count). The number of hydrogen-bond acceptors (Lipinski definition) is 6. The first-order valence-corrected chi connectivity index (χ1v) is 25.0. The Morgan fingerprint density at radius 2 is 0.619 bits per heavy atom. The Balaban J connectivity index is 4.57. The van der Waals surface area contributed by atoms with Gasteiger partial charge in [0.1, 0.15) is 13.2 Å². The van der Waals surface area contributed by atoms with E-state index in [-0.39, 0.29) is 37.5 Å². The zero-order valence-corrected chi connectivity index (χ0v) is 40.3. The third kappa shape index (κ3) is 48.7. The predicted molar refractivity (Wildman–Crippen MR) is 269 cm³/mol. The first kappa shape index (κ1) is 58.8. The molecule has 0 saturated heterocycles. The van der Waals surface area contributed by atoms with Crippen LogP contribution in [0.4, 0.5) is 0 Å². The molecule has 0 fully saturated rings. The van der Waals surface area contributed by atoms with Gasteiger partial charge in [-0.1, -0.05) is 174 Å². The summed E-state index contributed by atoms with van der Waals surface area (Å²) in [7, 11) is 0. The van der Waals surface area contributed by atoms with Gasteiger partial charge >= 0.3 is 17.9 Å². The lowest BCUT2D eigenvalue weighted by atomic mass is 10.1. The van der Waals surface area contributed by atoms with Crippen LogP contribution in [0.2, 0.25) is 0 Å². The summed E-state index contributed by atoms with van der Waals surface area (Å²) in [5, 5.41) is 0. The van der Waals surface area contributed by atoms with Crippen molar-refractivity contribution in [2.45, 2.75) is 207 Å². The van der Waals surface area contributed by atoms with Gasteiger partial charge in [-0.15, -0.1) is 0 Å². The normalized spacial score (nSPS) is 13.1. The molecule has 0 bridgehead atoms. The van der Waals surface area contributed by atoms with Crippen LogP contribution in [0, 0.1) is 0 Å². The summed E-state index contributed by atoms with van der Waals surface area (Å²) >= 11 is 0. The summed E-state index contributed by atoms with van der Waals surface area (Å²) in [4.78, 5) is 37.9. The van der Waals surface area contributed by atoms with Crippen molar-refractivity contribution in [3.05, 3.63) is 122 Å². The van der Waals surface area contributed by atoms with Crippen molar-refractivity contribution in [2.24, 2.45) is 0 Å². The zero-order chi connectivity index (χ0) is 45.8. The number of carbonyl (C=O) groups excluding carboxylic acids is 3. The first-order valence-electron chi connectivity index (χ1n) is 25.0. The van der Waals surface area contributed by atoms with E-state index in [1.807, 2.05) is 0 Å². The van der Waals surface area contributed by atoms with E-state index in [2.05, 4.69) is 142 Å². The van der Waals surface area contributed by atoms with Crippen LogP contribution in [-0.4, -0.2) is 37.2 Å². The molecule has 0 aliphatic rings. The molecule has 0 aliphatic heterocycles. The molecule has 0 spiro atoms. The maximum absolute atomic E-state index is 12.8. The molecule has 0 heterocycles. The molecule has 0 unspecified atom stereocenters. The topological polar surface area (TPSA) is 78.9 Å². The lowest BCUT2D eigenvalue weighted by molar-refractivity contribution is -0.167. The fraction of sp³-hybridized carbons (Fsp3) is 0.596. The highest BCUT2D eigenvalue weighted by atomic mass is 16.6. The minimum Gasteiger partial charge on any atom is -0.462 e. The molecular formula is C57H90O6. The maximum atomic E-state index is 12.8. The molecule has 6 heteroatoms. The minimum absolute atomic E-state index is 0.122. The number of carbonyl (C=O) groups is 3. The number of unbranched alkanes of at least 4 members (excludes halogenated alkanes) is 12. The highest BCUT2D eigenvalue weighted by molar-refractivity contribution is 5.71. The molecule has 0 aromatic heterocycles. The van der Waals surface area contributed by atoms with Gasteiger partial charge < -0.3 is 14.2 Å². The Morgan fingerprint density at radius 3 is 1.00 bits per heavy atom. The molecule has 1 atom stereocenters. The Hall–Kier alpha value is -4.19. The third-order valence-corrected chi connectivity index (χ3v) is 9.93. The summed E-state index contributed by atoms with van der Waals surface area (Å²) in [6.07, 6.45) is 69.0. The van der Waals surface area contributed by atoms with E-state index in [4.69, 9.17) is 14.2 Å². The summed E-state index contributed by atoms with van der Waals surface area (Å²) in [6, 6.07) is 0. The predicted octanol–water partition coefficient (Wildman–Crippen LogP) is 16.5. The van der Waals surface area contributed by atoms with Crippen molar-refractivity contribution in [3.8, 4) is 0 Å². The second-order valence-electron chi connectivity index (χ2n) is 16.0. The van der Waals surface area contributed by atoms with Gasteiger partial charge in [-0.3, -0.25) is 14.4 Å². The largest absolute Gasteiger partial charge is 0.462 e. The van der Waals surface area contributed by atoms with Crippen LogP contribution < -0.4 is 0 Å². The van der Waals surface area contributed by atoms with E-state index in [1.54, 1.807) is 0 Å². The molecule has 0 aliphatic carbocycles.